The Kier molecular flexibility index (Phi) is 7.43. The van der Waals surface area contributed by atoms with Crippen molar-refractivity contribution in [3.8, 4) is 0 Å². The lowest BCUT2D eigenvalue weighted by Crippen LogP contribution is -2.58. The number of aliphatic hydroxyl groups excluding tert-OH is 1. The minimum Gasteiger partial charge on any atom is -0.388 e. The van der Waals surface area contributed by atoms with E-state index in [0.29, 0.717) is 47.2 Å². The number of morpholine rings is 1. The fraction of sp³-hybridized carbons (Fsp3) is 0.973. The molecule has 8 nitrogen and oxygen atoms in total. The fourth-order valence-electron chi connectivity index (χ4n) is 13.5. The monoisotopic (exact) mass is 630 g/mol. The Balaban J connectivity index is 0.00000338. The number of carbonyl (C=O) groups excluding carboxylic acids is 1. The molecule has 9 unspecified atom stereocenters. The van der Waals surface area contributed by atoms with Crippen LogP contribution in [0.3, 0.4) is 0 Å². The van der Waals surface area contributed by atoms with Gasteiger partial charge in [-0.3, -0.25) is 9.69 Å². The Hall–Kier alpha value is -0.770. The highest BCUT2D eigenvalue weighted by Gasteiger charge is 2.80. The summed E-state index contributed by atoms with van der Waals surface area (Å²) in [5, 5.41) is 24.4. The molecule has 2 spiro atoms. The van der Waals surface area contributed by atoms with Gasteiger partial charge in [0.05, 0.1) is 43.1 Å². The average Bonchev–Trinajstić information content (AvgIpc) is 3.58. The quantitative estimate of drug-likeness (QED) is 0.398. The second kappa shape index (κ2) is 10.6. The topological polar surface area (TPSA) is 100 Å². The first-order valence-corrected chi connectivity index (χ1v) is 18.6. The molecule has 256 valence electrons. The number of carbonyl (C=O) groups is 1. The number of nitrogens with zero attached hydrogens (tertiary/aromatic N) is 1. The van der Waals surface area contributed by atoms with Gasteiger partial charge < -0.3 is 29.7 Å². The summed E-state index contributed by atoms with van der Waals surface area (Å²) in [4.78, 5) is 14.9. The van der Waals surface area contributed by atoms with E-state index < -0.39 is 11.7 Å². The molecule has 8 heteroatoms. The van der Waals surface area contributed by atoms with Gasteiger partial charge in [-0.25, -0.2) is 0 Å². The smallest absolute Gasteiger partial charge is 0.237 e. The van der Waals surface area contributed by atoms with Crippen molar-refractivity contribution in [3.05, 3.63) is 0 Å². The van der Waals surface area contributed by atoms with E-state index in [1.807, 2.05) is 0 Å². The molecule has 3 heterocycles. The van der Waals surface area contributed by atoms with Crippen LogP contribution in [0.4, 0.5) is 0 Å². The second-order valence-electron chi connectivity index (χ2n) is 18.3. The van der Waals surface area contributed by atoms with Crippen LogP contribution in [0, 0.1) is 45.3 Å². The Bertz CT molecular complexity index is 1180. The number of nitrogens with one attached hydrogen (secondary N) is 1. The van der Waals surface area contributed by atoms with Crippen LogP contribution in [0.5, 0.6) is 0 Å². The first-order valence-electron chi connectivity index (χ1n) is 18.6. The number of rotatable bonds is 5. The van der Waals surface area contributed by atoms with Gasteiger partial charge in [-0.05, 0) is 136 Å². The van der Waals surface area contributed by atoms with Crippen molar-refractivity contribution in [2.24, 2.45) is 45.3 Å². The van der Waals surface area contributed by atoms with E-state index in [9.17, 15) is 15.0 Å². The predicted molar refractivity (Wildman–Crippen MR) is 172 cm³/mol. The number of hydrogen-bond donors (Lipinski definition) is 3. The van der Waals surface area contributed by atoms with Crippen LogP contribution in [0.25, 0.3) is 0 Å². The predicted octanol–water partition coefficient (Wildman–Crippen LogP) is 4.89. The zero-order chi connectivity index (χ0) is 31.6. The average molecular weight is 631 g/mol. The molecule has 0 radical (unpaired) electrons. The highest BCUT2D eigenvalue weighted by Crippen LogP contribution is 2.87. The maximum absolute atomic E-state index is 12.6. The molecule has 0 aromatic rings. The van der Waals surface area contributed by atoms with Gasteiger partial charge in [0.1, 0.15) is 6.10 Å². The van der Waals surface area contributed by atoms with Gasteiger partial charge in [-0.1, -0.05) is 20.8 Å². The van der Waals surface area contributed by atoms with E-state index in [4.69, 9.17) is 14.2 Å². The van der Waals surface area contributed by atoms with Gasteiger partial charge in [0.2, 0.25) is 5.91 Å². The molecule has 13 atom stereocenters. The SMILES string of the molecule is CC(C)(O)[C@@H](O)C1CC[C@H]2C(CC3C4CCC5C(C)(C)[C@@H](OC6CN([C@@H]7CCCNC7=O)CCO6)CCC56CC46CCC32C)O1.[HH]. The maximum Gasteiger partial charge on any atom is 0.237 e. The lowest BCUT2D eigenvalue weighted by atomic mass is 9.46. The van der Waals surface area contributed by atoms with Crippen molar-refractivity contribution in [3.63, 3.8) is 0 Å². The van der Waals surface area contributed by atoms with Crippen molar-refractivity contribution < 1.29 is 30.6 Å². The van der Waals surface area contributed by atoms with Gasteiger partial charge in [0, 0.05) is 14.5 Å². The fourth-order valence-corrected chi connectivity index (χ4v) is 13.5. The summed E-state index contributed by atoms with van der Waals surface area (Å²) in [5.41, 5.74) is 0.216. The molecule has 0 aromatic heterocycles. The third-order valence-corrected chi connectivity index (χ3v) is 15.7. The molecule has 0 bridgehead atoms. The molecule has 5 aliphatic carbocycles. The molecule has 45 heavy (non-hydrogen) atoms. The van der Waals surface area contributed by atoms with Crippen molar-refractivity contribution in [1.29, 1.82) is 0 Å². The van der Waals surface area contributed by atoms with E-state index in [1.54, 1.807) is 13.8 Å². The summed E-state index contributed by atoms with van der Waals surface area (Å²) in [6, 6.07) is -0.0442. The van der Waals surface area contributed by atoms with Crippen molar-refractivity contribution in [1.82, 2.24) is 10.2 Å². The highest BCUT2D eigenvalue weighted by atomic mass is 16.7. The minimum absolute atomic E-state index is 0. The molecule has 3 saturated heterocycles. The third-order valence-electron chi connectivity index (χ3n) is 15.7. The van der Waals surface area contributed by atoms with Crippen molar-refractivity contribution in [2.45, 2.75) is 154 Å². The van der Waals surface area contributed by atoms with Crippen LogP contribution in [-0.2, 0) is 19.0 Å². The molecule has 3 N–H and O–H groups in total. The summed E-state index contributed by atoms with van der Waals surface area (Å²) in [6.07, 6.45) is 13.2. The molecule has 5 saturated carbocycles. The first kappa shape index (κ1) is 31.5. The number of fused-ring (bicyclic) bond motifs is 4. The summed E-state index contributed by atoms with van der Waals surface area (Å²) < 4.78 is 19.8. The van der Waals surface area contributed by atoms with Crippen LogP contribution in [0.1, 0.15) is 113 Å². The van der Waals surface area contributed by atoms with Crippen LogP contribution in [0.2, 0.25) is 0 Å². The summed E-state index contributed by atoms with van der Waals surface area (Å²) in [7, 11) is 0. The van der Waals surface area contributed by atoms with E-state index in [0.717, 1.165) is 57.5 Å². The Morgan fingerprint density at radius 1 is 1.02 bits per heavy atom. The number of hydrogen-bond acceptors (Lipinski definition) is 7. The number of aliphatic hydroxyl groups is 2. The standard InChI is InChI=1S/C37H60N2O6.H2/c1-33(2)28-11-9-22-24-19-27-23(8-10-26(44-27)31(40)34(3,4)42)35(24,5)14-15-36(22)21-37(28,36)13-12-29(33)45-30-20-39(17-18-43-30)25-7-6-16-38-32(25)41;/h22-31,40,42H,6-21H2,1-5H3,(H,38,41);1H/t22?,23-,24?,25+,26?,27?,28?,29-,30?,31-,35?,36?,37?;/m0./s1. The molecule has 8 fully saturated rings. The van der Waals surface area contributed by atoms with Crippen LogP contribution >= 0.6 is 0 Å². The maximum atomic E-state index is 12.6. The Labute approximate surface area is 272 Å². The molecular formula is C37H62N2O6. The van der Waals surface area contributed by atoms with Crippen molar-refractivity contribution >= 4 is 5.91 Å². The molecule has 1 amide bonds. The van der Waals surface area contributed by atoms with Gasteiger partial charge in [0.15, 0.2) is 6.29 Å². The van der Waals surface area contributed by atoms with Crippen LogP contribution in [0.15, 0.2) is 0 Å². The summed E-state index contributed by atoms with van der Waals surface area (Å²) in [5.74, 6) is 2.91. The lowest BCUT2D eigenvalue weighted by molar-refractivity contribution is -0.247. The molecular weight excluding hydrogens is 568 g/mol. The zero-order valence-electron chi connectivity index (χ0n) is 28.6. The van der Waals surface area contributed by atoms with E-state index in [-0.39, 0.29) is 43.4 Å². The van der Waals surface area contributed by atoms with E-state index >= 15 is 0 Å². The lowest BCUT2D eigenvalue weighted by Gasteiger charge is -2.60. The first-order chi connectivity index (χ1) is 21.3. The van der Waals surface area contributed by atoms with E-state index in [1.165, 1.54) is 38.5 Å². The molecule has 8 aliphatic rings. The molecule has 0 aromatic carbocycles. The van der Waals surface area contributed by atoms with Crippen molar-refractivity contribution in [2.75, 3.05) is 26.2 Å². The summed E-state index contributed by atoms with van der Waals surface area (Å²) in [6.45, 7) is 13.9. The number of piperidine rings is 1. The molecule has 8 rings (SSSR count). The highest BCUT2D eigenvalue weighted by molar-refractivity contribution is 5.82. The Morgan fingerprint density at radius 3 is 2.60 bits per heavy atom. The second-order valence-corrected chi connectivity index (χ2v) is 18.3. The van der Waals surface area contributed by atoms with Crippen LogP contribution in [-0.4, -0.2) is 89.6 Å². The third kappa shape index (κ3) is 4.61. The minimum atomic E-state index is -1.14. The Morgan fingerprint density at radius 2 is 1.82 bits per heavy atom. The zero-order valence-corrected chi connectivity index (χ0v) is 28.6. The molecule has 3 aliphatic heterocycles. The number of amides is 1. The normalized spacial score (nSPS) is 51.5. The van der Waals surface area contributed by atoms with Gasteiger partial charge in [-0.2, -0.15) is 0 Å². The van der Waals surface area contributed by atoms with E-state index in [2.05, 4.69) is 31.0 Å². The number of ether oxygens (including phenoxy) is 3. The summed E-state index contributed by atoms with van der Waals surface area (Å²) >= 11 is 0. The largest absolute Gasteiger partial charge is 0.388 e. The van der Waals surface area contributed by atoms with Gasteiger partial charge in [-0.15, -0.1) is 0 Å². The van der Waals surface area contributed by atoms with Crippen LogP contribution < -0.4 is 5.32 Å². The van der Waals surface area contributed by atoms with Gasteiger partial charge in [0.25, 0.3) is 0 Å². The van der Waals surface area contributed by atoms with Gasteiger partial charge >= 0.3 is 0 Å².